The first-order valence-corrected chi connectivity index (χ1v) is 10.4. The van der Waals surface area contributed by atoms with E-state index in [0.717, 1.165) is 22.5 Å². The number of nitrogens with one attached hydrogen (secondary N) is 1. The normalized spacial score (nSPS) is 10.9. The van der Waals surface area contributed by atoms with Gasteiger partial charge in [0.05, 0.1) is 23.0 Å². The molecule has 1 amide bonds. The number of fused-ring (bicyclic) bond motifs is 1. The van der Waals surface area contributed by atoms with Crippen molar-refractivity contribution in [2.24, 2.45) is 0 Å². The van der Waals surface area contributed by atoms with Gasteiger partial charge in [0.1, 0.15) is 11.4 Å². The second kappa shape index (κ2) is 9.07. The number of carbonyl (C=O) groups is 1. The zero-order chi connectivity index (χ0) is 20.1. The van der Waals surface area contributed by atoms with Crippen LogP contribution in [0.3, 0.4) is 0 Å². The summed E-state index contributed by atoms with van der Waals surface area (Å²) in [5.41, 5.74) is 2.70. The summed E-state index contributed by atoms with van der Waals surface area (Å²) in [6.45, 7) is 0.606. The third kappa shape index (κ3) is 4.75. The van der Waals surface area contributed by atoms with Crippen molar-refractivity contribution in [1.29, 1.82) is 0 Å². The van der Waals surface area contributed by atoms with Crippen molar-refractivity contribution >= 4 is 40.3 Å². The minimum atomic E-state index is -0.0278. The van der Waals surface area contributed by atoms with E-state index in [-0.39, 0.29) is 11.7 Å². The molecule has 0 saturated carbocycles. The van der Waals surface area contributed by atoms with Crippen LogP contribution in [0.2, 0.25) is 5.02 Å². The van der Waals surface area contributed by atoms with Gasteiger partial charge in [-0.2, -0.15) is 5.10 Å². The van der Waals surface area contributed by atoms with Crippen LogP contribution in [0.15, 0.2) is 72.1 Å². The van der Waals surface area contributed by atoms with E-state index in [1.807, 2.05) is 42.5 Å². The van der Waals surface area contributed by atoms with E-state index in [1.165, 1.54) is 23.7 Å². The second-order valence-electron chi connectivity index (χ2n) is 6.33. The Bertz CT molecular complexity index is 1130. The van der Waals surface area contributed by atoms with Crippen LogP contribution in [0, 0.1) is 0 Å². The van der Waals surface area contributed by atoms with Crippen molar-refractivity contribution in [1.82, 2.24) is 25.1 Å². The highest BCUT2D eigenvalue weighted by Gasteiger charge is 2.13. The van der Waals surface area contributed by atoms with Crippen LogP contribution in [0.4, 0.5) is 0 Å². The molecule has 29 heavy (non-hydrogen) atoms. The summed E-state index contributed by atoms with van der Waals surface area (Å²) < 4.78 is 1.72. The van der Waals surface area contributed by atoms with Gasteiger partial charge in [0.25, 0.3) is 0 Å². The molecule has 4 rings (SSSR count). The topological polar surface area (TPSA) is 72.7 Å². The maximum atomic E-state index is 12.2. The first-order valence-electron chi connectivity index (χ1n) is 9.09. The number of rotatable bonds is 7. The number of amides is 1. The van der Waals surface area contributed by atoms with Crippen LogP contribution in [0.25, 0.3) is 16.7 Å². The van der Waals surface area contributed by atoms with Crippen molar-refractivity contribution in [3.05, 3.63) is 77.7 Å². The fraction of sp³-hybridized carbons (Fsp3) is 0.143. The Balaban J connectivity index is 1.40. The smallest absolute Gasteiger partial charge is 0.230 e. The van der Waals surface area contributed by atoms with Gasteiger partial charge < -0.3 is 5.32 Å². The molecule has 0 unspecified atom stereocenters. The van der Waals surface area contributed by atoms with E-state index in [9.17, 15) is 4.79 Å². The molecule has 146 valence electrons. The van der Waals surface area contributed by atoms with Gasteiger partial charge in [0, 0.05) is 11.6 Å². The van der Waals surface area contributed by atoms with Crippen molar-refractivity contribution in [3.63, 3.8) is 0 Å². The predicted molar refractivity (Wildman–Crippen MR) is 116 cm³/mol. The molecule has 0 bridgehead atoms. The quantitative estimate of drug-likeness (QED) is 0.360. The maximum absolute atomic E-state index is 12.2. The number of benzene rings is 2. The van der Waals surface area contributed by atoms with Crippen molar-refractivity contribution in [3.8, 4) is 5.69 Å². The predicted octanol–water partition coefficient (Wildman–Crippen LogP) is 3.92. The lowest BCUT2D eigenvalue weighted by Crippen LogP contribution is -2.27. The van der Waals surface area contributed by atoms with Gasteiger partial charge in [-0.25, -0.2) is 14.6 Å². The lowest BCUT2D eigenvalue weighted by molar-refractivity contribution is -0.118. The Morgan fingerprint density at radius 1 is 1.10 bits per heavy atom. The Morgan fingerprint density at radius 2 is 1.97 bits per heavy atom. The molecule has 0 atom stereocenters. The van der Waals surface area contributed by atoms with Crippen LogP contribution in [-0.2, 0) is 11.2 Å². The third-order valence-electron chi connectivity index (χ3n) is 4.30. The highest BCUT2D eigenvalue weighted by molar-refractivity contribution is 8.00. The number of hydrogen-bond acceptors (Lipinski definition) is 5. The summed E-state index contributed by atoms with van der Waals surface area (Å²) in [6, 6.07) is 17.5. The summed E-state index contributed by atoms with van der Waals surface area (Å²) in [6.07, 6.45) is 4.01. The zero-order valence-electron chi connectivity index (χ0n) is 15.5. The molecule has 0 aliphatic heterocycles. The minimum absolute atomic E-state index is 0.0278. The Kier molecular flexibility index (Phi) is 6.07. The zero-order valence-corrected chi connectivity index (χ0v) is 17.0. The molecular formula is C21H18ClN5OS. The number of carbonyl (C=O) groups excluding carboxylic acids is 1. The lowest BCUT2D eigenvalue weighted by Gasteiger charge is -2.06. The summed E-state index contributed by atoms with van der Waals surface area (Å²) in [7, 11) is 0. The first kappa shape index (κ1) is 19.4. The molecule has 0 spiro atoms. The number of thioether (sulfide) groups is 1. The van der Waals surface area contributed by atoms with Crippen molar-refractivity contribution < 1.29 is 4.79 Å². The van der Waals surface area contributed by atoms with Crippen LogP contribution < -0.4 is 5.32 Å². The van der Waals surface area contributed by atoms with Gasteiger partial charge in [0.15, 0.2) is 5.65 Å². The van der Waals surface area contributed by atoms with Gasteiger partial charge in [0.2, 0.25) is 5.91 Å². The summed E-state index contributed by atoms with van der Waals surface area (Å²) >= 11 is 7.46. The van der Waals surface area contributed by atoms with E-state index in [1.54, 1.807) is 10.9 Å². The highest BCUT2D eigenvalue weighted by Crippen LogP contribution is 2.26. The molecule has 0 saturated heterocycles. The molecule has 0 aliphatic rings. The van der Waals surface area contributed by atoms with Gasteiger partial charge in [-0.15, -0.1) is 0 Å². The average molecular weight is 424 g/mol. The van der Waals surface area contributed by atoms with E-state index >= 15 is 0 Å². The minimum Gasteiger partial charge on any atom is -0.355 e. The van der Waals surface area contributed by atoms with E-state index in [4.69, 9.17) is 11.6 Å². The largest absolute Gasteiger partial charge is 0.355 e. The molecule has 2 aromatic heterocycles. The lowest BCUT2D eigenvalue weighted by atomic mass is 10.1. The van der Waals surface area contributed by atoms with Crippen LogP contribution in [-0.4, -0.2) is 38.0 Å². The summed E-state index contributed by atoms with van der Waals surface area (Å²) in [5.74, 6) is 0.253. The van der Waals surface area contributed by atoms with Crippen LogP contribution in [0.1, 0.15) is 5.56 Å². The fourth-order valence-electron chi connectivity index (χ4n) is 2.91. The Morgan fingerprint density at radius 3 is 2.79 bits per heavy atom. The number of aromatic nitrogens is 4. The van der Waals surface area contributed by atoms with E-state index in [0.29, 0.717) is 17.2 Å². The summed E-state index contributed by atoms with van der Waals surface area (Å²) in [5, 5.41) is 9.52. The van der Waals surface area contributed by atoms with Crippen LogP contribution in [0.5, 0.6) is 0 Å². The van der Waals surface area contributed by atoms with Crippen LogP contribution >= 0.6 is 23.4 Å². The third-order valence-corrected chi connectivity index (χ3v) is 5.54. The molecule has 6 nitrogen and oxygen atoms in total. The first-order chi connectivity index (χ1) is 14.2. The highest BCUT2D eigenvalue weighted by atomic mass is 35.5. The molecule has 0 fully saturated rings. The molecule has 2 heterocycles. The van der Waals surface area contributed by atoms with Gasteiger partial charge in [-0.1, -0.05) is 59.8 Å². The molecular weight excluding hydrogens is 406 g/mol. The fourth-order valence-corrected chi connectivity index (χ4v) is 3.89. The van der Waals surface area contributed by atoms with Gasteiger partial charge >= 0.3 is 0 Å². The molecule has 1 N–H and O–H groups in total. The average Bonchev–Trinajstić information content (AvgIpc) is 3.18. The molecule has 0 radical (unpaired) electrons. The van der Waals surface area contributed by atoms with Gasteiger partial charge in [-0.3, -0.25) is 4.79 Å². The monoisotopic (exact) mass is 423 g/mol. The molecule has 0 aliphatic carbocycles. The van der Waals surface area contributed by atoms with E-state index < -0.39 is 0 Å². The molecule has 2 aromatic carbocycles. The maximum Gasteiger partial charge on any atom is 0.230 e. The molecule has 4 aromatic rings. The SMILES string of the molecule is O=C(CSc1ncnc2c1cnn2-c1cccc(Cl)c1)NCCc1ccccc1. The number of nitrogens with zero attached hydrogens (tertiary/aromatic N) is 4. The number of halogens is 1. The second-order valence-corrected chi connectivity index (χ2v) is 7.73. The Hall–Kier alpha value is -2.90. The van der Waals surface area contributed by atoms with Crippen molar-refractivity contribution in [2.75, 3.05) is 12.3 Å². The van der Waals surface area contributed by atoms with Crippen molar-refractivity contribution in [2.45, 2.75) is 11.4 Å². The van der Waals surface area contributed by atoms with Gasteiger partial charge in [-0.05, 0) is 30.2 Å². The standard InChI is InChI=1S/C21H18ClN5OS/c22-16-7-4-8-17(11-16)27-20-18(12-26-27)21(25-14-24-20)29-13-19(28)23-10-9-15-5-2-1-3-6-15/h1-8,11-12,14H,9-10,13H2,(H,23,28). The van der Waals surface area contributed by atoms with E-state index in [2.05, 4.69) is 32.5 Å². The molecule has 8 heteroatoms. The summed E-state index contributed by atoms with van der Waals surface area (Å²) in [4.78, 5) is 20.9. The Labute approximate surface area is 177 Å². The number of hydrogen-bond donors (Lipinski definition) is 1.